The molecule has 4 aromatic rings. The van der Waals surface area contributed by atoms with Crippen molar-refractivity contribution in [2.75, 3.05) is 19.5 Å². The molecule has 0 bridgehead atoms. The summed E-state index contributed by atoms with van der Waals surface area (Å²) in [6.45, 7) is 6.90. The molecule has 3 aromatic carbocycles. The van der Waals surface area contributed by atoms with Gasteiger partial charge in [-0.25, -0.2) is 0 Å². The summed E-state index contributed by atoms with van der Waals surface area (Å²) in [6, 6.07) is 22.8. The lowest BCUT2D eigenvalue weighted by Crippen LogP contribution is -2.18. The van der Waals surface area contributed by atoms with Crippen molar-refractivity contribution in [3.8, 4) is 22.9 Å². The summed E-state index contributed by atoms with van der Waals surface area (Å²) in [5, 5.41) is 7.82. The number of carbonyl (C=O) groups is 1. The number of anilines is 1. The minimum Gasteiger partial charge on any atom is -0.497 e. The number of nitrogens with zero attached hydrogens (tertiary/aromatic N) is 3. The highest BCUT2D eigenvalue weighted by molar-refractivity contribution is 5.97. The van der Waals surface area contributed by atoms with Gasteiger partial charge in [-0.3, -0.25) is 4.79 Å². The fourth-order valence-corrected chi connectivity index (χ4v) is 3.59. The van der Waals surface area contributed by atoms with Gasteiger partial charge in [-0.1, -0.05) is 45.0 Å². The SMILES string of the molecule is COc1ccc(CNc2nc(-c3ccc(OC)cc3)nn2C(=O)c2ccc(C(C)(C)C)cc2)cc1. The van der Waals surface area contributed by atoms with E-state index < -0.39 is 0 Å². The third-order valence-electron chi connectivity index (χ3n) is 5.76. The molecule has 1 N–H and O–H groups in total. The van der Waals surface area contributed by atoms with Gasteiger partial charge in [0.1, 0.15) is 11.5 Å². The first-order chi connectivity index (χ1) is 16.8. The number of hydrogen-bond acceptors (Lipinski definition) is 6. The third-order valence-corrected chi connectivity index (χ3v) is 5.76. The second-order valence-corrected chi connectivity index (χ2v) is 9.23. The number of carbonyl (C=O) groups excluding carboxylic acids is 1. The molecule has 0 aliphatic heterocycles. The van der Waals surface area contributed by atoms with Crippen molar-refractivity contribution in [3.05, 3.63) is 89.5 Å². The van der Waals surface area contributed by atoms with Crippen LogP contribution in [-0.2, 0) is 12.0 Å². The lowest BCUT2D eigenvalue weighted by Gasteiger charge is -2.19. The number of rotatable bonds is 7. The molecule has 180 valence electrons. The highest BCUT2D eigenvalue weighted by Crippen LogP contribution is 2.25. The average Bonchev–Trinajstić information content (AvgIpc) is 3.31. The number of aromatic nitrogens is 3. The second kappa shape index (κ2) is 10.0. The van der Waals surface area contributed by atoms with E-state index in [0.29, 0.717) is 23.9 Å². The predicted octanol–water partition coefficient (Wildman–Crippen LogP) is 5.56. The van der Waals surface area contributed by atoms with Gasteiger partial charge in [-0.05, 0) is 65.1 Å². The van der Waals surface area contributed by atoms with E-state index in [4.69, 9.17) is 9.47 Å². The lowest BCUT2D eigenvalue weighted by molar-refractivity contribution is 0.0947. The normalized spacial score (nSPS) is 11.2. The van der Waals surface area contributed by atoms with Crippen LogP contribution in [0.5, 0.6) is 11.5 Å². The zero-order valence-electron chi connectivity index (χ0n) is 20.7. The molecular weight excluding hydrogens is 440 g/mol. The van der Waals surface area contributed by atoms with Crippen LogP contribution in [0.4, 0.5) is 5.95 Å². The van der Waals surface area contributed by atoms with Crippen LogP contribution in [0.3, 0.4) is 0 Å². The fourth-order valence-electron chi connectivity index (χ4n) is 3.59. The smallest absolute Gasteiger partial charge is 0.281 e. The third kappa shape index (κ3) is 5.51. The van der Waals surface area contributed by atoms with Crippen LogP contribution in [0.15, 0.2) is 72.8 Å². The van der Waals surface area contributed by atoms with Crippen LogP contribution in [0.2, 0.25) is 0 Å². The molecule has 0 fully saturated rings. The maximum Gasteiger partial charge on any atom is 0.281 e. The molecule has 0 saturated heterocycles. The Bertz CT molecular complexity index is 1290. The lowest BCUT2D eigenvalue weighted by atomic mass is 9.87. The van der Waals surface area contributed by atoms with E-state index in [9.17, 15) is 4.79 Å². The number of methoxy groups -OCH3 is 2. The first-order valence-electron chi connectivity index (χ1n) is 11.4. The van der Waals surface area contributed by atoms with Crippen molar-refractivity contribution < 1.29 is 14.3 Å². The monoisotopic (exact) mass is 470 g/mol. The van der Waals surface area contributed by atoms with E-state index in [1.165, 1.54) is 4.68 Å². The van der Waals surface area contributed by atoms with Crippen LogP contribution >= 0.6 is 0 Å². The van der Waals surface area contributed by atoms with Crippen molar-refractivity contribution >= 4 is 11.9 Å². The molecule has 0 unspecified atom stereocenters. The van der Waals surface area contributed by atoms with Crippen molar-refractivity contribution in [3.63, 3.8) is 0 Å². The molecule has 7 heteroatoms. The van der Waals surface area contributed by atoms with Gasteiger partial charge in [0, 0.05) is 17.7 Å². The Morgan fingerprint density at radius 3 is 1.97 bits per heavy atom. The largest absolute Gasteiger partial charge is 0.497 e. The molecule has 0 aliphatic carbocycles. The van der Waals surface area contributed by atoms with E-state index in [0.717, 1.165) is 28.2 Å². The van der Waals surface area contributed by atoms with Crippen molar-refractivity contribution in [2.24, 2.45) is 0 Å². The van der Waals surface area contributed by atoms with Gasteiger partial charge in [0.2, 0.25) is 5.95 Å². The van der Waals surface area contributed by atoms with Gasteiger partial charge < -0.3 is 14.8 Å². The summed E-state index contributed by atoms with van der Waals surface area (Å²) in [4.78, 5) is 18.1. The van der Waals surface area contributed by atoms with Gasteiger partial charge >= 0.3 is 0 Å². The molecule has 0 saturated carbocycles. The predicted molar refractivity (Wildman–Crippen MR) is 137 cm³/mol. The molecule has 0 amide bonds. The standard InChI is InChI=1S/C28H30N4O3/c1-28(2,3)22-12-8-21(9-13-22)26(33)32-27(29-18-19-6-14-23(34-4)15-7-19)30-25(31-32)20-10-16-24(35-5)17-11-20/h6-17H,18H2,1-5H3,(H,29,30,31). The maximum atomic E-state index is 13.5. The molecule has 0 radical (unpaired) electrons. The van der Waals surface area contributed by atoms with E-state index in [-0.39, 0.29) is 11.3 Å². The maximum absolute atomic E-state index is 13.5. The van der Waals surface area contributed by atoms with E-state index in [1.807, 2.05) is 72.8 Å². The molecule has 1 aromatic heterocycles. The first-order valence-corrected chi connectivity index (χ1v) is 11.4. The molecule has 0 spiro atoms. The molecule has 0 aliphatic rings. The molecular formula is C28H30N4O3. The van der Waals surface area contributed by atoms with Gasteiger partial charge in [0.15, 0.2) is 5.82 Å². The molecule has 0 atom stereocenters. The van der Waals surface area contributed by atoms with Crippen molar-refractivity contribution in [2.45, 2.75) is 32.7 Å². The topological polar surface area (TPSA) is 78.3 Å². The highest BCUT2D eigenvalue weighted by Gasteiger charge is 2.20. The number of ether oxygens (including phenoxy) is 2. The Labute approximate surface area is 205 Å². The van der Waals surface area contributed by atoms with Crippen LogP contribution in [0.1, 0.15) is 42.3 Å². The van der Waals surface area contributed by atoms with Crippen LogP contribution in [-0.4, -0.2) is 34.9 Å². The Balaban J connectivity index is 1.65. The van der Waals surface area contributed by atoms with E-state index in [1.54, 1.807) is 14.2 Å². The minimum atomic E-state index is -0.255. The van der Waals surface area contributed by atoms with Gasteiger partial charge in [0.05, 0.1) is 14.2 Å². The minimum absolute atomic E-state index is 0.00144. The summed E-state index contributed by atoms with van der Waals surface area (Å²) in [5.74, 6) is 2.09. The summed E-state index contributed by atoms with van der Waals surface area (Å²) in [7, 11) is 3.25. The Kier molecular flexibility index (Phi) is 6.87. The summed E-state index contributed by atoms with van der Waals surface area (Å²) >= 11 is 0. The molecule has 4 rings (SSSR count). The first kappa shape index (κ1) is 24.0. The van der Waals surface area contributed by atoms with E-state index >= 15 is 0 Å². The van der Waals surface area contributed by atoms with Crippen LogP contribution < -0.4 is 14.8 Å². The average molecular weight is 471 g/mol. The fraction of sp³-hybridized carbons (Fsp3) is 0.250. The van der Waals surface area contributed by atoms with Crippen LogP contribution in [0, 0.1) is 0 Å². The zero-order chi connectivity index (χ0) is 25.0. The molecule has 1 heterocycles. The van der Waals surface area contributed by atoms with Crippen LogP contribution in [0.25, 0.3) is 11.4 Å². The summed E-state index contributed by atoms with van der Waals surface area (Å²) in [5.41, 5.74) is 3.50. The summed E-state index contributed by atoms with van der Waals surface area (Å²) < 4.78 is 11.8. The molecule has 35 heavy (non-hydrogen) atoms. The highest BCUT2D eigenvalue weighted by atomic mass is 16.5. The Morgan fingerprint density at radius 1 is 0.857 bits per heavy atom. The Morgan fingerprint density at radius 2 is 1.43 bits per heavy atom. The number of benzene rings is 3. The van der Waals surface area contributed by atoms with E-state index in [2.05, 4.69) is 36.2 Å². The van der Waals surface area contributed by atoms with Gasteiger partial charge in [-0.2, -0.15) is 9.67 Å². The van der Waals surface area contributed by atoms with Crippen molar-refractivity contribution in [1.29, 1.82) is 0 Å². The van der Waals surface area contributed by atoms with Crippen molar-refractivity contribution in [1.82, 2.24) is 14.8 Å². The van der Waals surface area contributed by atoms with Gasteiger partial charge in [-0.15, -0.1) is 5.10 Å². The summed E-state index contributed by atoms with van der Waals surface area (Å²) in [6.07, 6.45) is 0. The Hall–Kier alpha value is -4.13. The second-order valence-electron chi connectivity index (χ2n) is 9.23. The number of nitrogens with one attached hydrogen (secondary N) is 1. The number of hydrogen-bond donors (Lipinski definition) is 1. The molecule has 7 nitrogen and oxygen atoms in total. The zero-order valence-corrected chi connectivity index (χ0v) is 20.7. The quantitative estimate of drug-likeness (QED) is 0.381. The van der Waals surface area contributed by atoms with Gasteiger partial charge in [0.25, 0.3) is 5.91 Å².